The summed E-state index contributed by atoms with van der Waals surface area (Å²) in [4.78, 5) is 27.2. The highest BCUT2D eigenvalue weighted by Gasteiger charge is 2.19. The van der Waals surface area contributed by atoms with Gasteiger partial charge in [0.05, 0.1) is 12.7 Å². The Labute approximate surface area is 109 Å². The van der Waals surface area contributed by atoms with Crippen LogP contribution in [-0.4, -0.2) is 29.0 Å². The summed E-state index contributed by atoms with van der Waals surface area (Å²) in [5.74, 6) is -1.10. The molecule has 0 bridgehead atoms. The van der Waals surface area contributed by atoms with Crippen LogP contribution in [0.4, 0.5) is 0 Å². The van der Waals surface area contributed by atoms with E-state index in [1.54, 1.807) is 24.3 Å². The van der Waals surface area contributed by atoms with E-state index in [2.05, 4.69) is 4.98 Å². The maximum Gasteiger partial charge on any atom is 0.338 e. The minimum atomic E-state index is -1.18. The van der Waals surface area contributed by atoms with Crippen LogP contribution in [0.3, 0.4) is 0 Å². The van der Waals surface area contributed by atoms with E-state index in [1.807, 2.05) is 0 Å². The van der Waals surface area contributed by atoms with Gasteiger partial charge in [0.25, 0.3) is 0 Å². The average molecular weight is 257 g/mol. The zero-order valence-electron chi connectivity index (χ0n) is 10.2. The first-order chi connectivity index (χ1) is 9.13. The Morgan fingerprint density at radius 1 is 1.21 bits per heavy atom. The van der Waals surface area contributed by atoms with Crippen LogP contribution in [0.1, 0.15) is 26.4 Å². The third-order valence-electron chi connectivity index (χ3n) is 2.59. The number of carbonyl (C=O) groups is 2. The lowest BCUT2D eigenvalue weighted by atomic mass is 10.0. The maximum atomic E-state index is 12.3. The molecule has 5 heteroatoms. The van der Waals surface area contributed by atoms with Crippen LogP contribution in [0.15, 0.2) is 42.6 Å². The molecule has 5 nitrogen and oxygen atoms in total. The number of benzene rings is 1. The van der Waals surface area contributed by atoms with Crippen molar-refractivity contribution in [3.8, 4) is 5.75 Å². The first kappa shape index (κ1) is 12.8. The van der Waals surface area contributed by atoms with Gasteiger partial charge in [-0.1, -0.05) is 12.1 Å². The van der Waals surface area contributed by atoms with Crippen LogP contribution < -0.4 is 4.74 Å². The van der Waals surface area contributed by atoms with Crippen LogP contribution >= 0.6 is 0 Å². The van der Waals surface area contributed by atoms with Crippen LogP contribution in [0, 0.1) is 0 Å². The number of carboxylic acids is 1. The Morgan fingerprint density at radius 3 is 2.68 bits per heavy atom. The Hall–Kier alpha value is -2.69. The Bertz CT molecular complexity index is 637. The van der Waals surface area contributed by atoms with E-state index in [1.165, 1.54) is 25.4 Å². The topological polar surface area (TPSA) is 76.5 Å². The normalized spacial score (nSPS) is 9.95. The standard InChI is InChI=1S/C14H11NO4/c1-19-10-5-2-4-9(8-10)13(16)12-11(14(17)18)6-3-7-15-12/h2-8H,1H3,(H,17,18). The molecular formula is C14H11NO4. The quantitative estimate of drug-likeness (QED) is 0.848. The fourth-order valence-electron chi connectivity index (χ4n) is 1.66. The number of carboxylic acid groups (broad SMARTS) is 1. The van der Waals surface area contributed by atoms with E-state index >= 15 is 0 Å². The summed E-state index contributed by atoms with van der Waals surface area (Å²) in [6.07, 6.45) is 1.39. The minimum absolute atomic E-state index is 0.0803. The average Bonchev–Trinajstić information content (AvgIpc) is 2.46. The number of hydrogen-bond donors (Lipinski definition) is 1. The zero-order chi connectivity index (χ0) is 13.8. The summed E-state index contributed by atoms with van der Waals surface area (Å²) in [5, 5.41) is 9.05. The molecule has 0 fully saturated rings. The van der Waals surface area contributed by atoms with E-state index in [0.29, 0.717) is 11.3 Å². The Morgan fingerprint density at radius 2 is 2.00 bits per heavy atom. The number of nitrogens with zero attached hydrogens (tertiary/aromatic N) is 1. The Balaban J connectivity index is 2.47. The largest absolute Gasteiger partial charge is 0.497 e. The number of ether oxygens (including phenoxy) is 1. The highest BCUT2D eigenvalue weighted by Crippen LogP contribution is 2.17. The number of aromatic carboxylic acids is 1. The summed E-state index contributed by atoms with van der Waals surface area (Å²) >= 11 is 0. The first-order valence-corrected chi connectivity index (χ1v) is 5.50. The second-order valence-corrected chi connectivity index (χ2v) is 3.77. The SMILES string of the molecule is COc1cccc(C(=O)c2ncccc2C(=O)O)c1. The van der Waals surface area contributed by atoms with Gasteiger partial charge < -0.3 is 9.84 Å². The summed E-state index contributed by atoms with van der Waals surface area (Å²) in [5.41, 5.74) is 0.138. The number of hydrogen-bond acceptors (Lipinski definition) is 4. The van der Waals surface area contributed by atoms with Gasteiger partial charge in [0.2, 0.25) is 5.78 Å². The second-order valence-electron chi connectivity index (χ2n) is 3.77. The van der Waals surface area contributed by atoms with Crippen molar-refractivity contribution in [3.05, 3.63) is 59.4 Å². The van der Waals surface area contributed by atoms with Gasteiger partial charge in [-0.05, 0) is 24.3 Å². The number of methoxy groups -OCH3 is 1. The predicted octanol–water partition coefficient (Wildman–Crippen LogP) is 2.02. The van der Waals surface area contributed by atoms with E-state index in [0.717, 1.165) is 0 Å². The van der Waals surface area contributed by atoms with Crippen LogP contribution in [0.25, 0.3) is 0 Å². The molecule has 0 saturated carbocycles. The van der Waals surface area contributed by atoms with Gasteiger partial charge in [-0.2, -0.15) is 0 Å². The molecule has 0 spiro atoms. The predicted molar refractivity (Wildman–Crippen MR) is 67.6 cm³/mol. The molecule has 2 rings (SSSR count). The lowest BCUT2D eigenvalue weighted by molar-refractivity contribution is 0.0692. The van der Waals surface area contributed by atoms with Crippen molar-refractivity contribution in [2.45, 2.75) is 0 Å². The highest BCUT2D eigenvalue weighted by atomic mass is 16.5. The van der Waals surface area contributed by atoms with E-state index in [9.17, 15) is 9.59 Å². The van der Waals surface area contributed by atoms with E-state index < -0.39 is 11.8 Å². The molecular weight excluding hydrogens is 246 g/mol. The molecule has 0 aliphatic heterocycles. The second kappa shape index (κ2) is 5.30. The van der Waals surface area contributed by atoms with Gasteiger partial charge in [-0.25, -0.2) is 4.79 Å². The van der Waals surface area contributed by atoms with Gasteiger partial charge in [0, 0.05) is 11.8 Å². The molecule has 1 aromatic carbocycles. The molecule has 0 aliphatic carbocycles. The molecule has 0 saturated heterocycles. The summed E-state index contributed by atoms with van der Waals surface area (Å²) in [6, 6.07) is 9.32. The van der Waals surface area contributed by atoms with Gasteiger partial charge in [0.15, 0.2) is 0 Å². The molecule has 0 atom stereocenters. The third kappa shape index (κ3) is 2.60. The van der Waals surface area contributed by atoms with Crippen LogP contribution in [-0.2, 0) is 0 Å². The first-order valence-electron chi connectivity index (χ1n) is 5.50. The molecule has 2 aromatic rings. The molecule has 1 aromatic heterocycles. The van der Waals surface area contributed by atoms with Crippen molar-refractivity contribution in [1.82, 2.24) is 4.98 Å². The number of pyridine rings is 1. The molecule has 0 unspecified atom stereocenters. The number of carbonyl (C=O) groups excluding carboxylic acids is 1. The van der Waals surface area contributed by atoms with E-state index in [4.69, 9.17) is 9.84 Å². The third-order valence-corrected chi connectivity index (χ3v) is 2.59. The van der Waals surface area contributed by atoms with Crippen molar-refractivity contribution in [3.63, 3.8) is 0 Å². The van der Waals surface area contributed by atoms with Crippen molar-refractivity contribution in [2.75, 3.05) is 7.11 Å². The van der Waals surface area contributed by atoms with Crippen molar-refractivity contribution in [1.29, 1.82) is 0 Å². The molecule has 0 aliphatic rings. The molecule has 0 amide bonds. The molecule has 1 N–H and O–H groups in total. The van der Waals surface area contributed by atoms with Crippen molar-refractivity contribution in [2.24, 2.45) is 0 Å². The zero-order valence-corrected chi connectivity index (χ0v) is 10.2. The summed E-state index contributed by atoms with van der Waals surface area (Å²) < 4.78 is 5.03. The van der Waals surface area contributed by atoms with Crippen LogP contribution in [0.5, 0.6) is 5.75 Å². The lowest BCUT2D eigenvalue weighted by Gasteiger charge is -2.05. The van der Waals surface area contributed by atoms with E-state index in [-0.39, 0.29) is 11.3 Å². The molecule has 1 heterocycles. The fraction of sp³-hybridized carbons (Fsp3) is 0.0714. The fourth-order valence-corrected chi connectivity index (χ4v) is 1.66. The molecule has 0 radical (unpaired) electrons. The summed E-state index contributed by atoms with van der Waals surface area (Å²) in [6.45, 7) is 0. The maximum absolute atomic E-state index is 12.3. The molecule has 96 valence electrons. The number of rotatable bonds is 4. The smallest absolute Gasteiger partial charge is 0.338 e. The van der Waals surface area contributed by atoms with Gasteiger partial charge in [-0.15, -0.1) is 0 Å². The molecule has 19 heavy (non-hydrogen) atoms. The minimum Gasteiger partial charge on any atom is -0.497 e. The Kier molecular flexibility index (Phi) is 3.56. The summed E-state index contributed by atoms with van der Waals surface area (Å²) in [7, 11) is 1.49. The lowest BCUT2D eigenvalue weighted by Crippen LogP contribution is -2.11. The van der Waals surface area contributed by atoms with Crippen LogP contribution in [0.2, 0.25) is 0 Å². The number of aromatic nitrogens is 1. The highest BCUT2D eigenvalue weighted by molar-refractivity contribution is 6.13. The van der Waals surface area contributed by atoms with Gasteiger partial charge in [0.1, 0.15) is 11.4 Å². The van der Waals surface area contributed by atoms with Crippen molar-refractivity contribution < 1.29 is 19.4 Å². The van der Waals surface area contributed by atoms with Crippen molar-refractivity contribution >= 4 is 11.8 Å². The van der Waals surface area contributed by atoms with Gasteiger partial charge >= 0.3 is 5.97 Å². The van der Waals surface area contributed by atoms with Gasteiger partial charge in [-0.3, -0.25) is 9.78 Å². The number of ketones is 1. The monoisotopic (exact) mass is 257 g/mol.